The molecule has 0 saturated carbocycles. The maximum Gasteiger partial charge on any atom is 0.419 e. The highest BCUT2D eigenvalue weighted by Crippen LogP contribution is 2.38. The summed E-state index contributed by atoms with van der Waals surface area (Å²) in [6.07, 6.45) is -0.343. The molecule has 22 heavy (non-hydrogen) atoms. The molecule has 1 aromatic rings. The first-order valence-electron chi connectivity index (χ1n) is 7.52. The van der Waals surface area contributed by atoms with E-state index < -0.39 is 17.6 Å². The van der Waals surface area contributed by atoms with Gasteiger partial charge >= 0.3 is 6.18 Å². The molecule has 0 spiro atoms. The van der Waals surface area contributed by atoms with Gasteiger partial charge in [-0.1, -0.05) is 6.07 Å². The topological polar surface area (TPSA) is 12.5 Å². The monoisotopic (exact) mass is 317 g/mol. The van der Waals surface area contributed by atoms with Crippen LogP contribution in [0.4, 0.5) is 17.6 Å². The van der Waals surface area contributed by atoms with Crippen LogP contribution in [-0.4, -0.2) is 30.2 Å². The van der Waals surface area contributed by atoms with Crippen molar-refractivity contribution in [3.63, 3.8) is 0 Å². The van der Waals surface area contributed by atoms with Gasteiger partial charge in [-0.05, 0) is 43.4 Å². The van der Waals surface area contributed by atoms with Crippen LogP contribution in [0.5, 0.6) is 0 Å². The Labute approximate surface area is 127 Å². The molecule has 1 aromatic carbocycles. The number of methoxy groups -OCH3 is 1. The predicted molar refractivity (Wildman–Crippen MR) is 73.8 cm³/mol. The van der Waals surface area contributed by atoms with Crippen LogP contribution in [0.25, 0.3) is 0 Å². The number of benzene rings is 1. The molecule has 2 aliphatic heterocycles. The number of nitrogens with zero attached hydrogens (tertiary/aromatic N) is 1. The maximum atomic E-state index is 13.7. The van der Waals surface area contributed by atoms with Crippen molar-refractivity contribution in [2.45, 2.75) is 56.6 Å². The van der Waals surface area contributed by atoms with Crippen molar-refractivity contribution in [3.05, 3.63) is 35.1 Å². The van der Waals surface area contributed by atoms with Crippen molar-refractivity contribution >= 4 is 0 Å². The summed E-state index contributed by atoms with van der Waals surface area (Å²) in [5, 5.41) is 0. The highest BCUT2D eigenvalue weighted by atomic mass is 19.4. The summed E-state index contributed by atoms with van der Waals surface area (Å²) >= 11 is 0. The Bertz CT molecular complexity index is 531. The second-order valence-corrected chi connectivity index (χ2v) is 6.20. The zero-order chi connectivity index (χ0) is 15.9. The maximum absolute atomic E-state index is 13.7. The molecule has 1 unspecified atom stereocenters. The SMILES string of the molecule is COC1C[C@H]2CC[C@@H](C1)N2Cc1ccc(C(F)(F)F)c(F)c1. The Hall–Kier alpha value is -1.14. The van der Waals surface area contributed by atoms with Crippen LogP contribution < -0.4 is 0 Å². The third-order valence-electron chi connectivity index (χ3n) is 4.88. The fourth-order valence-electron chi connectivity index (χ4n) is 3.77. The number of alkyl halides is 3. The predicted octanol–water partition coefficient (Wildman–Crippen LogP) is 3.99. The van der Waals surface area contributed by atoms with Crippen molar-refractivity contribution in [1.82, 2.24) is 4.90 Å². The first-order chi connectivity index (χ1) is 10.4. The number of halogens is 4. The van der Waals surface area contributed by atoms with E-state index in [4.69, 9.17) is 4.74 Å². The minimum absolute atomic E-state index is 0.262. The summed E-state index contributed by atoms with van der Waals surface area (Å²) in [7, 11) is 1.71. The quantitative estimate of drug-likeness (QED) is 0.782. The molecule has 2 fully saturated rings. The highest BCUT2D eigenvalue weighted by Gasteiger charge is 2.41. The lowest BCUT2D eigenvalue weighted by Crippen LogP contribution is -2.44. The largest absolute Gasteiger partial charge is 0.419 e. The van der Waals surface area contributed by atoms with E-state index >= 15 is 0 Å². The van der Waals surface area contributed by atoms with Gasteiger partial charge in [-0.3, -0.25) is 4.90 Å². The van der Waals surface area contributed by atoms with E-state index in [0.29, 0.717) is 24.2 Å². The average Bonchev–Trinajstić information content (AvgIpc) is 2.69. The zero-order valence-corrected chi connectivity index (χ0v) is 12.4. The van der Waals surface area contributed by atoms with Gasteiger partial charge in [-0.2, -0.15) is 13.2 Å². The van der Waals surface area contributed by atoms with E-state index in [2.05, 4.69) is 4.90 Å². The number of hydrogen-bond donors (Lipinski definition) is 0. The molecule has 6 heteroatoms. The van der Waals surface area contributed by atoms with E-state index in [1.54, 1.807) is 7.11 Å². The molecule has 0 aromatic heterocycles. The van der Waals surface area contributed by atoms with E-state index in [9.17, 15) is 17.6 Å². The summed E-state index contributed by atoms with van der Waals surface area (Å²) in [4.78, 5) is 2.29. The van der Waals surface area contributed by atoms with Gasteiger partial charge in [0, 0.05) is 25.7 Å². The fraction of sp³-hybridized carbons (Fsp3) is 0.625. The Morgan fingerprint density at radius 2 is 1.82 bits per heavy atom. The molecule has 0 aliphatic carbocycles. The Morgan fingerprint density at radius 1 is 1.18 bits per heavy atom. The van der Waals surface area contributed by atoms with Crippen LogP contribution in [0, 0.1) is 5.82 Å². The van der Waals surface area contributed by atoms with Crippen molar-refractivity contribution in [2.75, 3.05) is 7.11 Å². The van der Waals surface area contributed by atoms with Gasteiger partial charge in [-0.15, -0.1) is 0 Å². The van der Waals surface area contributed by atoms with Crippen LogP contribution in [0.2, 0.25) is 0 Å². The number of fused-ring (bicyclic) bond motifs is 2. The van der Waals surface area contributed by atoms with Crippen molar-refractivity contribution < 1.29 is 22.3 Å². The zero-order valence-electron chi connectivity index (χ0n) is 12.4. The van der Waals surface area contributed by atoms with Gasteiger partial charge in [0.1, 0.15) is 5.82 Å². The van der Waals surface area contributed by atoms with Gasteiger partial charge in [0.2, 0.25) is 0 Å². The molecule has 0 amide bonds. The number of rotatable bonds is 3. The van der Waals surface area contributed by atoms with E-state index in [1.165, 1.54) is 6.07 Å². The minimum atomic E-state index is -4.64. The van der Waals surface area contributed by atoms with Gasteiger partial charge in [-0.25, -0.2) is 4.39 Å². The van der Waals surface area contributed by atoms with Crippen molar-refractivity contribution in [1.29, 1.82) is 0 Å². The lowest BCUT2D eigenvalue weighted by molar-refractivity contribution is -0.140. The molecule has 2 nitrogen and oxygen atoms in total. The number of hydrogen-bond acceptors (Lipinski definition) is 2. The van der Waals surface area contributed by atoms with Gasteiger partial charge in [0.05, 0.1) is 11.7 Å². The molecule has 2 aliphatic rings. The van der Waals surface area contributed by atoms with Crippen LogP contribution in [0.3, 0.4) is 0 Å². The molecule has 122 valence electrons. The fourth-order valence-corrected chi connectivity index (χ4v) is 3.77. The molecule has 2 bridgehead atoms. The summed E-state index contributed by atoms with van der Waals surface area (Å²) in [5.41, 5.74) is -0.601. The lowest BCUT2D eigenvalue weighted by Gasteiger charge is -2.38. The third-order valence-corrected chi connectivity index (χ3v) is 4.88. The second kappa shape index (κ2) is 5.81. The van der Waals surface area contributed by atoms with Gasteiger partial charge < -0.3 is 4.74 Å². The Balaban J connectivity index is 1.73. The minimum Gasteiger partial charge on any atom is -0.381 e. The second-order valence-electron chi connectivity index (χ2n) is 6.20. The van der Waals surface area contributed by atoms with E-state index in [0.717, 1.165) is 37.8 Å². The Kier molecular flexibility index (Phi) is 4.16. The molecule has 2 saturated heterocycles. The smallest absolute Gasteiger partial charge is 0.381 e. The number of ether oxygens (including phenoxy) is 1. The molecular formula is C16H19F4NO. The average molecular weight is 317 g/mol. The van der Waals surface area contributed by atoms with Crippen LogP contribution >= 0.6 is 0 Å². The van der Waals surface area contributed by atoms with Crippen molar-refractivity contribution in [2.24, 2.45) is 0 Å². The van der Waals surface area contributed by atoms with Gasteiger partial charge in [0.25, 0.3) is 0 Å². The van der Waals surface area contributed by atoms with E-state index in [-0.39, 0.29) is 6.10 Å². The van der Waals surface area contributed by atoms with Crippen LogP contribution in [0.15, 0.2) is 18.2 Å². The molecule has 3 atom stereocenters. The molecule has 2 heterocycles. The third kappa shape index (κ3) is 2.99. The normalized spacial score (nSPS) is 29.0. The summed E-state index contributed by atoms with van der Waals surface area (Å²) in [6, 6.07) is 4.01. The number of piperidine rings is 1. The molecule has 3 rings (SSSR count). The standard InChI is InChI=1S/C16H19F4NO/c1-22-13-7-11-3-4-12(8-13)21(11)9-10-2-5-14(15(17)6-10)16(18,19)20/h2,5-6,11-13H,3-4,7-9H2,1H3/t11-,12+,13?. The van der Waals surface area contributed by atoms with Gasteiger partial charge in [0.15, 0.2) is 0 Å². The summed E-state index contributed by atoms with van der Waals surface area (Å²) < 4.78 is 56.9. The van der Waals surface area contributed by atoms with Crippen molar-refractivity contribution in [3.8, 4) is 0 Å². The molecular weight excluding hydrogens is 298 g/mol. The first kappa shape index (κ1) is 15.7. The first-order valence-corrected chi connectivity index (χ1v) is 7.52. The summed E-state index contributed by atoms with van der Waals surface area (Å²) in [5.74, 6) is -1.19. The van der Waals surface area contributed by atoms with E-state index in [1.807, 2.05) is 0 Å². The highest BCUT2D eigenvalue weighted by molar-refractivity contribution is 5.27. The lowest BCUT2D eigenvalue weighted by atomic mass is 9.98. The van der Waals surface area contributed by atoms with Crippen LogP contribution in [0.1, 0.15) is 36.8 Å². The Morgan fingerprint density at radius 3 is 2.32 bits per heavy atom. The van der Waals surface area contributed by atoms with Crippen LogP contribution in [-0.2, 0) is 17.5 Å². The molecule has 0 radical (unpaired) electrons. The summed E-state index contributed by atoms with van der Waals surface area (Å²) in [6.45, 7) is 0.501. The molecule has 0 N–H and O–H groups in total.